The van der Waals surface area contributed by atoms with Crippen molar-refractivity contribution in [2.24, 2.45) is 7.05 Å². The van der Waals surface area contributed by atoms with Crippen molar-refractivity contribution < 1.29 is 13.2 Å². The van der Waals surface area contributed by atoms with Crippen LogP contribution in [0.3, 0.4) is 0 Å². The van der Waals surface area contributed by atoms with Gasteiger partial charge in [-0.1, -0.05) is 6.07 Å². The normalized spacial score (nSPS) is 12.3. The molecule has 0 unspecified atom stereocenters. The molecule has 1 aromatic carbocycles. The molecule has 0 aliphatic rings. The number of benzene rings is 1. The Hall–Kier alpha value is -1.52. The highest BCUT2D eigenvalue weighted by atomic mass is 19.4. The minimum Gasteiger partial charge on any atom is -0.323 e. The smallest absolute Gasteiger partial charge is 0.323 e. The topological polar surface area (TPSA) is 17.8 Å². The molecule has 2 aromatic rings. The van der Waals surface area contributed by atoms with Gasteiger partial charge in [0.05, 0.1) is 11.0 Å². The van der Waals surface area contributed by atoms with E-state index in [-0.39, 0.29) is 0 Å². The Balaban J connectivity index is 2.75. The molecule has 0 aliphatic heterocycles. The number of fused-ring (bicyclic) bond motifs is 1. The Kier molecular flexibility index (Phi) is 1.99. The van der Waals surface area contributed by atoms with Crippen molar-refractivity contribution >= 4 is 11.0 Å². The summed E-state index contributed by atoms with van der Waals surface area (Å²) in [5.74, 6) is -0.858. The molecule has 0 fully saturated rings. The summed E-state index contributed by atoms with van der Waals surface area (Å²) in [6.07, 6.45) is -4.40. The van der Waals surface area contributed by atoms with E-state index in [9.17, 15) is 13.2 Å². The molecule has 2 nitrogen and oxygen atoms in total. The molecule has 0 saturated heterocycles. The Morgan fingerprint density at radius 3 is 2.53 bits per heavy atom. The molecule has 0 saturated carbocycles. The number of aromatic nitrogens is 2. The summed E-state index contributed by atoms with van der Waals surface area (Å²) < 4.78 is 38.6. The van der Waals surface area contributed by atoms with Gasteiger partial charge in [-0.25, -0.2) is 4.98 Å². The van der Waals surface area contributed by atoms with Crippen LogP contribution < -0.4 is 0 Å². The van der Waals surface area contributed by atoms with Crippen LogP contribution in [0.4, 0.5) is 13.2 Å². The number of alkyl halides is 3. The average molecular weight is 214 g/mol. The van der Waals surface area contributed by atoms with Crippen LogP contribution >= 0.6 is 0 Å². The zero-order chi connectivity index (χ0) is 11.2. The van der Waals surface area contributed by atoms with Gasteiger partial charge in [0.15, 0.2) is 0 Å². The van der Waals surface area contributed by atoms with Crippen LogP contribution in [0.1, 0.15) is 11.4 Å². The Morgan fingerprint density at radius 2 is 1.93 bits per heavy atom. The maximum absolute atomic E-state index is 12.5. The van der Waals surface area contributed by atoms with Crippen molar-refractivity contribution in [2.75, 3.05) is 0 Å². The van der Waals surface area contributed by atoms with Gasteiger partial charge in [0.1, 0.15) is 0 Å². The highest BCUT2D eigenvalue weighted by molar-refractivity contribution is 5.76. The summed E-state index contributed by atoms with van der Waals surface area (Å²) >= 11 is 0. The molecule has 80 valence electrons. The Labute approximate surface area is 84.3 Å². The Morgan fingerprint density at radius 1 is 1.27 bits per heavy atom. The number of rotatable bonds is 0. The van der Waals surface area contributed by atoms with Gasteiger partial charge in [-0.05, 0) is 24.6 Å². The molecule has 5 heteroatoms. The second-order valence-corrected chi connectivity index (χ2v) is 3.48. The summed E-state index contributed by atoms with van der Waals surface area (Å²) in [5, 5.41) is 0. The second kappa shape index (κ2) is 2.98. The molecule has 1 heterocycles. The van der Waals surface area contributed by atoms with Gasteiger partial charge in [-0.2, -0.15) is 13.2 Å². The molecule has 0 atom stereocenters. The number of aryl methyl sites for hydroxylation is 2. The van der Waals surface area contributed by atoms with E-state index in [2.05, 4.69) is 4.98 Å². The zero-order valence-corrected chi connectivity index (χ0v) is 8.26. The van der Waals surface area contributed by atoms with Crippen LogP contribution in [0.15, 0.2) is 18.2 Å². The van der Waals surface area contributed by atoms with Gasteiger partial charge in [-0.3, -0.25) is 0 Å². The summed E-state index contributed by atoms with van der Waals surface area (Å²) in [5.41, 5.74) is 1.77. The average Bonchev–Trinajstić information content (AvgIpc) is 2.42. The number of hydrogen-bond donors (Lipinski definition) is 0. The van der Waals surface area contributed by atoms with Crippen molar-refractivity contribution in [3.8, 4) is 0 Å². The first kappa shape index (κ1) is 10.0. The van der Waals surface area contributed by atoms with Crippen molar-refractivity contribution in [3.05, 3.63) is 29.6 Å². The third kappa shape index (κ3) is 1.58. The van der Waals surface area contributed by atoms with E-state index in [4.69, 9.17) is 0 Å². The molecule has 0 N–H and O–H groups in total. The molecule has 2 rings (SSSR count). The summed E-state index contributed by atoms with van der Waals surface area (Å²) in [4.78, 5) is 3.58. The van der Waals surface area contributed by atoms with Crippen LogP contribution in [-0.2, 0) is 13.2 Å². The van der Waals surface area contributed by atoms with Gasteiger partial charge in [-0.15, -0.1) is 0 Å². The standard InChI is InChI=1S/C10H9F3N2/c1-6-3-4-8-7(5-6)14-9(15(8)2)10(11,12)13/h3-5H,1-2H3. The molecule has 0 spiro atoms. The molecule has 0 radical (unpaired) electrons. The highest BCUT2D eigenvalue weighted by Gasteiger charge is 2.36. The lowest BCUT2D eigenvalue weighted by molar-refractivity contribution is -0.146. The molecule has 15 heavy (non-hydrogen) atoms. The molecule has 1 aromatic heterocycles. The summed E-state index contributed by atoms with van der Waals surface area (Å²) in [6, 6.07) is 5.06. The molecular weight excluding hydrogens is 205 g/mol. The van der Waals surface area contributed by atoms with Crippen molar-refractivity contribution in [1.29, 1.82) is 0 Å². The fourth-order valence-corrected chi connectivity index (χ4v) is 1.56. The van der Waals surface area contributed by atoms with E-state index in [1.165, 1.54) is 7.05 Å². The van der Waals surface area contributed by atoms with Gasteiger partial charge < -0.3 is 4.57 Å². The second-order valence-electron chi connectivity index (χ2n) is 3.48. The third-order valence-corrected chi connectivity index (χ3v) is 2.29. The lowest BCUT2D eigenvalue weighted by Gasteiger charge is -2.05. The van der Waals surface area contributed by atoms with E-state index >= 15 is 0 Å². The highest BCUT2D eigenvalue weighted by Crippen LogP contribution is 2.30. The molecular formula is C10H9F3N2. The SMILES string of the molecule is Cc1ccc2c(c1)nc(C(F)(F)F)n2C. The van der Waals surface area contributed by atoms with Gasteiger partial charge >= 0.3 is 6.18 Å². The Bertz CT molecular complexity index is 511. The minimum absolute atomic E-state index is 0.379. The predicted molar refractivity (Wildman–Crippen MR) is 50.5 cm³/mol. The van der Waals surface area contributed by atoms with Crippen LogP contribution in [0, 0.1) is 6.92 Å². The molecule has 0 bridgehead atoms. The summed E-state index contributed by atoms with van der Waals surface area (Å²) in [6.45, 7) is 1.82. The van der Waals surface area contributed by atoms with Crippen LogP contribution in [0.25, 0.3) is 11.0 Å². The fraction of sp³-hybridized carbons (Fsp3) is 0.300. The maximum atomic E-state index is 12.5. The first-order valence-corrected chi connectivity index (χ1v) is 4.40. The lowest BCUT2D eigenvalue weighted by Crippen LogP contribution is -2.12. The van der Waals surface area contributed by atoms with Crippen molar-refractivity contribution in [2.45, 2.75) is 13.1 Å². The van der Waals surface area contributed by atoms with Crippen molar-refractivity contribution in [3.63, 3.8) is 0 Å². The van der Waals surface area contributed by atoms with Crippen LogP contribution in [-0.4, -0.2) is 9.55 Å². The van der Waals surface area contributed by atoms with E-state index in [0.717, 1.165) is 10.1 Å². The number of nitrogens with zero attached hydrogens (tertiary/aromatic N) is 2. The van der Waals surface area contributed by atoms with Crippen molar-refractivity contribution in [1.82, 2.24) is 9.55 Å². The van der Waals surface area contributed by atoms with E-state index in [0.29, 0.717) is 11.0 Å². The first-order valence-electron chi connectivity index (χ1n) is 4.40. The number of imidazole rings is 1. The van der Waals surface area contributed by atoms with E-state index in [1.54, 1.807) is 18.2 Å². The van der Waals surface area contributed by atoms with Crippen LogP contribution in [0.2, 0.25) is 0 Å². The maximum Gasteiger partial charge on any atom is 0.449 e. The van der Waals surface area contributed by atoms with Crippen LogP contribution in [0.5, 0.6) is 0 Å². The quantitative estimate of drug-likeness (QED) is 0.659. The largest absolute Gasteiger partial charge is 0.449 e. The van der Waals surface area contributed by atoms with E-state index < -0.39 is 12.0 Å². The number of halogens is 3. The third-order valence-electron chi connectivity index (χ3n) is 2.29. The monoisotopic (exact) mass is 214 g/mol. The van der Waals surface area contributed by atoms with E-state index in [1.807, 2.05) is 6.92 Å². The molecule has 0 amide bonds. The van der Waals surface area contributed by atoms with Gasteiger partial charge in [0.25, 0.3) is 0 Å². The van der Waals surface area contributed by atoms with Gasteiger partial charge in [0.2, 0.25) is 5.82 Å². The summed E-state index contributed by atoms with van der Waals surface area (Å²) in [7, 11) is 1.37. The minimum atomic E-state index is -4.40. The first-order chi connectivity index (χ1) is 6.89. The zero-order valence-electron chi connectivity index (χ0n) is 8.26. The predicted octanol–water partition coefficient (Wildman–Crippen LogP) is 2.90. The lowest BCUT2D eigenvalue weighted by atomic mass is 10.2. The molecule has 0 aliphatic carbocycles. The fourth-order valence-electron chi connectivity index (χ4n) is 1.56. The van der Waals surface area contributed by atoms with Gasteiger partial charge in [0, 0.05) is 7.05 Å². The number of hydrogen-bond acceptors (Lipinski definition) is 1.